The first-order valence-electron chi connectivity index (χ1n) is 8.77. The molecule has 1 aliphatic heterocycles. The third kappa shape index (κ3) is 2.92. The second-order valence-electron chi connectivity index (χ2n) is 7.85. The fourth-order valence-corrected chi connectivity index (χ4v) is 3.09. The minimum atomic E-state index is -0.330. The average molecular weight is 357 g/mol. The first kappa shape index (κ1) is 16.9. The largest absolute Gasteiger partial charge is 0.391 e. The maximum atomic E-state index is 9.93. The number of aliphatic hydroxyl groups excluding tert-OH is 1. The monoisotopic (exact) mass is 357 g/mol. The maximum absolute atomic E-state index is 9.93. The van der Waals surface area contributed by atoms with E-state index in [2.05, 4.69) is 41.0 Å². The quantitative estimate of drug-likeness (QED) is 0.750. The Bertz CT molecular complexity index is 940. The number of imidazole rings is 1. The van der Waals surface area contributed by atoms with Crippen LogP contribution in [-0.4, -0.2) is 54.1 Å². The molecule has 0 saturated carbocycles. The second-order valence-corrected chi connectivity index (χ2v) is 7.85. The number of rotatable bonds is 3. The van der Waals surface area contributed by atoms with Crippen LogP contribution in [0.3, 0.4) is 0 Å². The number of fused-ring (bicyclic) bond motifs is 1. The second kappa shape index (κ2) is 6.01. The number of hydrogen-bond acceptors (Lipinski definition) is 8. The molecule has 0 radical (unpaired) electrons. The van der Waals surface area contributed by atoms with E-state index < -0.39 is 0 Å². The Balaban J connectivity index is 1.84. The van der Waals surface area contributed by atoms with Crippen molar-refractivity contribution in [1.82, 2.24) is 29.8 Å². The van der Waals surface area contributed by atoms with Crippen LogP contribution in [0, 0.1) is 6.92 Å². The van der Waals surface area contributed by atoms with Crippen molar-refractivity contribution in [3.8, 4) is 0 Å². The zero-order chi connectivity index (χ0) is 18.5. The summed E-state index contributed by atoms with van der Waals surface area (Å²) in [7, 11) is 0. The Labute approximate surface area is 151 Å². The summed E-state index contributed by atoms with van der Waals surface area (Å²) in [5.41, 5.74) is 2.78. The standard InChI is InChI=1S/C17H23N7O2/c1-10-12(22-26-21-10)8-24-9-18-13-14(23-6-5-11(25)7-23)19-16(17(2,3)4)20-15(13)24/h9,11,25H,5-8H2,1-4H3. The van der Waals surface area contributed by atoms with E-state index in [0.717, 1.165) is 47.2 Å². The Morgan fingerprint density at radius 2 is 2.08 bits per heavy atom. The molecule has 4 heterocycles. The van der Waals surface area contributed by atoms with Crippen LogP contribution >= 0.6 is 0 Å². The van der Waals surface area contributed by atoms with Gasteiger partial charge in [0.15, 0.2) is 17.0 Å². The van der Waals surface area contributed by atoms with Gasteiger partial charge in [0.1, 0.15) is 17.2 Å². The highest BCUT2D eigenvalue weighted by molar-refractivity contribution is 5.84. The molecule has 1 N–H and O–H groups in total. The van der Waals surface area contributed by atoms with E-state index in [0.29, 0.717) is 13.1 Å². The van der Waals surface area contributed by atoms with Gasteiger partial charge in [-0.25, -0.2) is 19.6 Å². The lowest BCUT2D eigenvalue weighted by Gasteiger charge is -2.22. The topological polar surface area (TPSA) is 106 Å². The molecular weight excluding hydrogens is 334 g/mol. The minimum absolute atomic E-state index is 0.207. The summed E-state index contributed by atoms with van der Waals surface area (Å²) >= 11 is 0. The van der Waals surface area contributed by atoms with Crippen molar-refractivity contribution in [3.05, 3.63) is 23.5 Å². The molecule has 9 heteroatoms. The Morgan fingerprint density at radius 1 is 1.27 bits per heavy atom. The summed E-state index contributed by atoms with van der Waals surface area (Å²) in [6, 6.07) is 0. The number of anilines is 1. The lowest BCUT2D eigenvalue weighted by molar-refractivity contribution is 0.198. The lowest BCUT2D eigenvalue weighted by Crippen LogP contribution is -2.25. The van der Waals surface area contributed by atoms with Gasteiger partial charge in [-0.1, -0.05) is 31.1 Å². The van der Waals surface area contributed by atoms with Gasteiger partial charge in [0.2, 0.25) is 0 Å². The van der Waals surface area contributed by atoms with Gasteiger partial charge in [-0.2, -0.15) is 0 Å². The van der Waals surface area contributed by atoms with Crippen molar-refractivity contribution >= 4 is 17.0 Å². The van der Waals surface area contributed by atoms with Gasteiger partial charge in [0, 0.05) is 18.5 Å². The summed E-state index contributed by atoms with van der Waals surface area (Å²) in [4.78, 5) is 16.2. The highest BCUT2D eigenvalue weighted by atomic mass is 16.6. The van der Waals surface area contributed by atoms with Gasteiger partial charge < -0.3 is 14.6 Å². The number of β-amino-alcohol motifs (C(OH)–C–C–N with tert-alkyl or cyclic N) is 1. The van der Waals surface area contributed by atoms with E-state index in [9.17, 15) is 5.11 Å². The smallest absolute Gasteiger partial charge is 0.166 e. The molecule has 0 bridgehead atoms. The third-order valence-corrected chi connectivity index (χ3v) is 4.65. The van der Waals surface area contributed by atoms with Gasteiger partial charge >= 0.3 is 0 Å². The number of aromatic nitrogens is 6. The fourth-order valence-electron chi connectivity index (χ4n) is 3.09. The summed E-state index contributed by atoms with van der Waals surface area (Å²) in [6.45, 7) is 9.92. The molecule has 1 atom stereocenters. The Morgan fingerprint density at radius 3 is 2.69 bits per heavy atom. The van der Waals surface area contributed by atoms with Crippen LogP contribution < -0.4 is 4.90 Å². The molecule has 0 aromatic carbocycles. The van der Waals surface area contributed by atoms with Gasteiger partial charge in [-0.3, -0.25) is 0 Å². The highest BCUT2D eigenvalue weighted by Crippen LogP contribution is 2.30. The molecule has 1 aliphatic rings. The van der Waals surface area contributed by atoms with Crippen molar-refractivity contribution in [2.24, 2.45) is 0 Å². The van der Waals surface area contributed by atoms with Crippen molar-refractivity contribution in [2.75, 3.05) is 18.0 Å². The molecule has 1 fully saturated rings. The minimum Gasteiger partial charge on any atom is -0.391 e. The summed E-state index contributed by atoms with van der Waals surface area (Å²) in [5.74, 6) is 1.53. The summed E-state index contributed by atoms with van der Waals surface area (Å²) in [5, 5.41) is 17.7. The predicted molar refractivity (Wildman–Crippen MR) is 95.0 cm³/mol. The zero-order valence-electron chi connectivity index (χ0n) is 15.5. The van der Waals surface area contributed by atoms with Gasteiger partial charge in [0.05, 0.1) is 19.0 Å². The number of aliphatic hydroxyl groups is 1. The van der Waals surface area contributed by atoms with E-state index in [1.54, 1.807) is 6.33 Å². The van der Waals surface area contributed by atoms with Crippen molar-refractivity contribution in [3.63, 3.8) is 0 Å². The van der Waals surface area contributed by atoms with E-state index >= 15 is 0 Å². The van der Waals surface area contributed by atoms with Gasteiger partial charge in [-0.15, -0.1) is 0 Å². The van der Waals surface area contributed by atoms with Crippen molar-refractivity contribution < 1.29 is 9.74 Å². The molecule has 1 saturated heterocycles. The normalized spacial score (nSPS) is 18.2. The molecule has 4 rings (SSSR count). The molecule has 26 heavy (non-hydrogen) atoms. The fraction of sp³-hybridized carbons (Fsp3) is 0.588. The summed E-state index contributed by atoms with van der Waals surface area (Å²) in [6.07, 6.45) is 2.15. The van der Waals surface area contributed by atoms with E-state index in [1.165, 1.54) is 0 Å². The van der Waals surface area contributed by atoms with Crippen LogP contribution in [0.4, 0.5) is 5.82 Å². The number of nitrogens with zero attached hydrogens (tertiary/aromatic N) is 7. The van der Waals surface area contributed by atoms with Crippen LogP contribution in [0.5, 0.6) is 0 Å². The predicted octanol–water partition coefficient (Wildman–Crippen LogP) is 1.43. The first-order chi connectivity index (χ1) is 12.3. The Kier molecular flexibility index (Phi) is 3.91. The first-order valence-corrected chi connectivity index (χ1v) is 8.77. The van der Waals surface area contributed by atoms with E-state index in [-0.39, 0.29) is 11.5 Å². The molecule has 3 aromatic heterocycles. The van der Waals surface area contributed by atoms with E-state index in [1.807, 2.05) is 11.5 Å². The molecule has 3 aromatic rings. The molecule has 0 amide bonds. The molecule has 1 unspecified atom stereocenters. The van der Waals surface area contributed by atoms with E-state index in [4.69, 9.17) is 14.6 Å². The van der Waals surface area contributed by atoms with Crippen LogP contribution in [0.15, 0.2) is 11.0 Å². The molecule has 0 spiro atoms. The number of hydrogen-bond donors (Lipinski definition) is 1. The summed E-state index contributed by atoms with van der Waals surface area (Å²) < 4.78 is 6.74. The average Bonchev–Trinajstić information content (AvgIpc) is 3.28. The zero-order valence-corrected chi connectivity index (χ0v) is 15.5. The molecule has 138 valence electrons. The van der Waals surface area contributed by atoms with Gasteiger partial charge in [0.25, 0.3) is 0 Å². The lowest BCUT2D eigenvalue weighted by atomic mass is 9.96. The molecule has 0 aliphatic carbocycles. The maximum Gasteiger partial charge on any atom is 0.166 e. The third-order valence-electron chi connectivity index (χ3n) is 4.65. The number of aryl methyl sites for hydroxylation is 1. The SMILES string of the molecule is Cc1nonc1Cn1cnc2c(N3CCC(O)C3)nc(C(C)(C)C)nc21. The van der Waals surface area contributed by atoms with Gasteiger partial charge in [-0.05, 0) is 13.3 Å². The Hall–Kier alpha value is -2.55. The van der Waals surface area contributed by atoms with Crippen LogP contribution in [0.2, 0.25) is 0 Å². The van der Waals surface area contributed by atoms with Crippen LogP contribution in [0.1, 0.15) is 44.4 Å². The van der Waals surface area contributed by atoms with Crippen molar-refractivity contribution in [1.29, 1.82) is 0 Å². The van der Waals surface area contributed by atoms with Crippen molar-refractivity contribution in [2.45, 2.75) is 52.2 Å². The van der Waals surface area contributed by atoms with Crippen LogP contribution in [0.25, 0.3) is 11.2 Å². The van der Waals surface area contributed by atoms with Crippen LogP contribution in [-0.2, 0) is 12.0 Å². The highest BCUT2D eigenvalue weighted by Gasteiger charge is 2.28. The molecular formula is C17H23N7O2. The molecule has 9 nitrogen and oxygen atoms in total.